The highest BCUT2D eigenvalue weighted by molar-refractivity contribution is 7.17. The van der Waals surface area contributed by atoms with Crippen LogP contribution < -0.4 is 5.32 Å². The highest BCUT2D eigenvalue weighted by atomic mass is 32.1. The Bertz CT molecular complexity index is 605. The molecule has 2 N–H and O–H groups in total. The molecule has 1 heterocycles. The summed E-state index contributed by atoms with van der Waals surface area (Å²) in [4.78, 5) is 13.5. The van der Waals surface area contributed by atoms with Gasteiger partial charge in [-0.15, -0.1) is 11.3 Å². The molecule has 0 aliphatic heterocycles. The molecule has 0 bridgehead atoms. The molecule has 106 valence electrons. The van der Waals surface area contributed by atoms with Crippen LogP contribution in [0.25, 0.3) is 10.4 Å². The minimum atomic E-state index is -0.656. The van der Waals surface area contributed by atoms with Crippen LogP contribution in [0, 0.1) is 5.82 Å². The molecule has 0 spiro atoms. The second-order valence-corrected chi connectivity index (χ2v) is 6.25. The van der Waals surface area contributed by atoms with Gasteiger partial charge in [-0.3, -0.25) is 4.79 Å². The van der Waals surface area contributed by atoms with Crippen molar-refractivity contribution in [3.63, 3.8) is 0 Å². The minimum absolute atomic E-state index is 0.130. The summed E-state index contributed by atoms with van der Waals surface area (Å²) in [5, 5.41) is 11.9. The van der Waals surface area contributed by atoms with Gasteiger partial charge in [0.05, 0.1) is 17.0 Å². The summed E-state index contributed by atoms with van der Waals surface area (Å²) in [5.74, 6) is -0.504. The third kappa shape index (κ3) is 3.43. The lowest BCUT2D eigenvalue weighted by molar-refractivity contribution is 0.0873. The standard InChI is InChI=1S/C15H16FNO2S/c1-15(2,9-18)17-14(19)13-8-7-12(20-13)10-3-5-11(16)6-4-10/h3-8,18H,9H2,1-2H3,(H,17,19). The summed E-state index contributed by atoms with van der Waals surface area (Å²) in [6, 6.07) is 9.71. The van der Waals surface area contributed by atoms with E-state index in [1.807, 2.05) is 6.07 Å². The van der Waals surface area contributed by atoms with Crippen LogP contribution >= 0.6 is 11.3 Å². The molecule has 0 unspecified atom stereocenters. The Morgan fingerprint density at radius 2 is 1.90 bits per heavy atom. The van der Waals surface area contributed by atoms with Crippen LogP contribution in [0.4, 0.5) is 4.39 Å². The van der Waals surface area contributed by atoms with Crippen LogP contribution in [0.15, 0.2) is 36.4 Å². The molecule has 0 radical (unpaired) electrons. The second kappa shape index (κ2) is 5.73. The zero-order valence-corrected chi connectivity index (χ0v) is 12.1. The first kappa shape index (κ1) is 14.7. The highest BCUT2D eigenvalue weighted by Gasteiger charge is 2.21. The molecule has 1 aromatic heterocycles. The van der Waals surface area contributed by atoms with Gasteiger partial charge >= 0.3 is 0 Å². The van der Waals surface area contributed by atoms with Crippen molar-refractivity contribution in [1.29, 1.82) is 0 Å². The minimum Gasteiger partial charge on any atom is -0.394 e. The number of nitrogens with one attached hydrogen (secondary N) is 1. The van der Waals surface area contributed by atoms with Crippen molar-refractivity contribution in [1.82, 2.24) is 5.32 Å². The Labute approximate surface area is 121 Å². The van der Waals surface area contributed by atoms with Crippen LogP contribution in [0.3, 0.4) is 0 Å². The van der Waals surface area contributed by atoms with E-state index in [1.165, 1.54) is 23.5 Å². The number of hydrogen-bond acceptors (Lipinski definition) is 3. The van der Waals surface area contributed by atoms with Gasteiger partial charge in [-0.05, 0) is 43.7 Å². The zero-order valence-electron chi connectivity index (χ0n) is 11.3. The molecule has 2 rings (SSSR count). The first-order valence-corrected chi connectivity index (χ1v) is 7.02. The molecule has 20 heavy (non-hydrogen) atoms. The van der Waals surface area contributed by atoms with Crippen LogP contribution in [0.1, 0.15) is 23.5 Å². The highest BCUT2D eigenvalue weighted by Crippen LogP contribution is 2.28. The number of halogens is 1. The lowest BCUT2D eigenvalue weighted by atomic mass is 10.1. The number of amides is 1. The average Bonchev–Trinajstić information content (AvgIpc) is 2.89. The fraction of sp³-hybridized carbons (Fsp3) is 0.267. The molecule has 0 saturated heterocycles. The van der Waals surface area contributed by atoms with Gasteiger partial charge in [-0.2, -0.15) is 0 Å². The molecule has 5 heteroatoms. The molecule has 0 aliphatic rings. The fourth-order valence-electron chi connectivity index (χ4n) is 1.64. The lowest BCUT2D eigenvalue weighted by Crippen LogP contribution is -2.46. The largest absolute Gasteiger partial charge is 0.394 e. The normalized spacial score (nSPS) is 11.4. The topological polar surface area (TPSA) is 49.3 Å². The van der Waals surface area contributed by atoms with Crippen molar-refractivity contribution in [2.75, 3.05) is 6.61 Å². The molecule has 0 aliphatic carbocycles. The number of benzene rings is 1. The maximum Gasteiger partial charge on any atom is 0.261 e. The molecule has 0 saturated carbocycles. The molecular weight excluding hydrogens is 277 g/mol. The van der Waals surface area contributed by atoms with E-state index in [0.29, 0.717) is 4.88 Å². The monoisotopic (exact) mass is 293 g/mol. The summed E-state index contributed by atoms with van der Waals surface area (Å²) in [6.45, 7) is 3.37. The Kier molecular flexibility index (Phi) is 4.20. The van der Waals surface area contributed by atoms with Gasteiger partial charge < -0.3 is 10.4 Å². The predicted octanol–water partition coefficient (Wildman–Crippen LogP) is 3.05. The van der Waals surface area contributed by atoms with Crippen molar-refractivity contribution in [3.8, 4) is 10.4 Å². The summed E-state index contributed by atoms with van der Waals surface area (Å²) >= 11 is 1.33. The van der Waals surface area contributed by atoms with Crippen molar-refractivity contribution in [2.24, 2.45) is 0 Å². The lowest BCUT2D eigenvalue weighted by Gasteiger charge is -2.22. The van der Waals surface area contributed by atoms with E-state index in [2.05, 4.69) is 5.32 Å². The van der Waals surface area contributed by atoms with Crippen molar-refractivity contribution < 1.29 is 14.3 Å². The van der Waals surface area contributed by atoms with E-state index < -0.39 is 5.54 Å². The summed E-state index contributed by atoms with van der Waals surface area (Å²) in [6.07, 6.45) is 0. The predicted molar refractivity (Wildman–Crippen MR) is 78.3 cm³/mol. The fourth-order valence-corrected chi connectivity index (χ4v) is 2.54. The number of carbonyl (C=O) groups is 1. The summed E-state index contributed by atoms with van der Waals surface area (Å²) < 4.78 is 12.9. The molecule has 2 aromatic rings. The molecular formula is C15H16FNO2S. The van der Waals surface area contributed by atoms with E-state index >= 15 is 0 Å². The molecule has 1 aromatic carbocycles. The third-order valence-corrected chi connectivity index (χ3v) is 3.94. The molecule has 1 amide bonds. The maximum absolute atomic E-state index is 12.9. The molecule has 0 fully saturated rings. The molecule has 3 nitrogen and oxygen atoms in total. The number of aliphatic hydroxyl groups is 1. The number of hydrogen-bond donors (Lipinski definition) is 2. The SMILES string of the molecule is CC(C)(CO)NC(=O)c1ccc(-c2ccc(F)cc2)s1. The van der Waals surface area contributed by atoms with E-state index in [0.717, 1.165) is 10.4 Å². The third-order valence-electron chi connectivity index (χ3n) is 2.81. The van der Waals surface area contributed by atoms with E-state index in [1.54, 1.807) is 32.0 Å². The quantitative estimate of drug-likeness (QED) is 0.910. The first-order chi connectivity index (χ1) is 9.41. The van der Waals surface area contributed by atoms with Gasteiger partial charge in [-0.25, -0.2) is 4.39 Å². The van der Waals surface area contributed by atoms with Crippen LogP contribution in [-0.2, 0) is 0 Å². The number of thiophene rings is 1. The van der Waals surface area contributed by atoms with Crippen LogP contribution in [-0.4, -0.2) is 23.2 Å². The van der Waals surface area contributed by atoms with E-state index in [9.17, 15) is 9.18 Å². The van der Waals surface area contributed by atoms with Gasteiger partial charge in [0.1, 0.15) is 5.82 Å². The first-order valence-electron chi connectivity index (χ1n) is 6.20. The van der Waals surface area contributed by atoms with Crippen LogP contribution in [0.2, 0.25) is 0 Å². The van der Waals surface area contributed by atoms with Crippen molar-refractivity contribution >= 4 is 17.2 Å². The maximum atomic E-state index is 12.9. The van der Waals surface area contributed by atoms with Gasteiger partial charge in [0.2, 0.25) is 0 Å². The van der Waals surface area contributed by atoms with Gasteiger partial charge in [0, 0.05) is 4.88 Å². The smallest absolute Gasteiger partial charge is 0.261 e. The van der Waals surface area contributed by atoms with E-state index in [4.69, 9.17) is 5.11 Å². The van der Waals surface area contributed by atoms with E-state index in [-0.39, 0.29) is 18.3 Å². The Morgan fingerprint density at radius 3 is 2.50 bits per heavy atom. The van der Waals surface area contributed by atoms with Gasteiger partial charge in [0.25, 0.3) is 5.91 Å². The second-order valence-electron chi connectivity index (χ2n) is 5.17. The Morgan fingerprint density at radius 1 is 1.25 bits per heavy atom. The summed E-state index contributed by atoms with van der Waals surface area (Å²) in [5.41, 5.74) is 0.216. The Balaban J connectivity index is 2.17. The van der Waals surface area contributed by atoms with Crippen molar-refractivity contribution in [3.05, 3.63) is 47.1 Å². The van der Waals surface area contributed by atoms with Gasteiger partial charge in [-0.1, -0.05) is 12.1 Å². The summed E-state index contributed by atoms with van der Waals surface area (Å²) in [7, 11) is 0. The average molecular weight is 293 g/mol. The van der Waals surface area contributed by atoms with Crippen molar-refractivity contribution in [2.45, 2.75) is 19.4 Å². The number of rotatable bonds is 4. The Hall–Kier alpha value is -1.72. The number of carbonyl (C=O) groups excluding carboxylic acids is 1. The zero-order chi connectivity index (χ0) is 14.8. The van der Waals surface area contributed by atoms with Crippen LogP contribution in [0.5, 0.6) is 0 Å². The van der Waals surface area contributed by atoms with Gasteiger partial charge in [0.15, 0.2) is 0 Å². The molecule has 0 atom stereocenters. The number of aliphatic hydroxyl groups excluding tert-OH is 1.